The highest BCUT2D eigenvalue weighted by Crippen LogP contribution is 2.23. The molecule has 1 saturated carbocycles. The van der Waals surface area contributed by atoms with E-state index in [0.29, 0.717) is 17.5 Å². The van der Waals surface area contributed by atoms with E-state index in [2.05, 4.69) is 5.32 Å². The van der Waals surface area contributed by atoms with E-state index in [1.807, 2.05) is 24.3 Å². The number of hydrogen-bond acceptors (Lipinski definition) is 2. The molecule has 1 fully saturated rings. The Bertz CT molecular complexity index is 470. The van der Waals surface area contributed by atoms with Crippen LogP contribution in [0.5, 0.6) is 0 Å². The molecule has 20 heavy (non-hydrogen) atoms. The first kappa shape index (κ1) is 15.1. The van der Waals surface area contributed by atoms with Gasteiger partial charge in [-0.25, -0.2) is 0 Å². The summed E-state index contributed by atoms with van der Waals surface area (Å²) in [6.07, 6.45) is 7.90. The molecule has 108 valence electrons. The predicted octanol–water partition coefficient (Wildman–Crippen LogP) is 2.99. The Morgan fingerprint density at radius 1 is 1.30 bits per heavy atom. The van der Waals surface area contributed by atoms with Crippen LogP contribution in [0.2, 0.25) is 5.02 Å². The van der Waals surface area contributed by atoms with Crippen LogP contribution in [0.4, 0.5) is 0 Å². The molecule has 1 aliphatic rings. The van der Waals surface area contributed by atoms with Gasteiger partial charge >= 0.3 is 0 Å². The maximum absolute atomic E-state index is 11.9. The third kappa shape index (κ3) is 4.36. The Hall–Kier alpha value is -1.32. The predicted molar refractivity (Wildman–Crippen MR) is 83.4 cm³/mol. The summed E-state index contributed by atoms with van der Waals surface area (Å²) in [6.45, 7) is 0.645. The lowest BCUT2D eigenvalue weighted by molar-refractivity contribution is -0.117. The Morgan fingerprint density at radius 3 is 2.70 bits per heavy atom. The molecule has 0 aromatic heterocycles. The summed E-state index contributed by atoms with van der Waals surface area (Å²) in [5.41, 5.74) is 6.73. The topological polar surface area (TPSA) is 55.1 Å². The lowest BCUT2D eigenvalue weighted by Crippen LogP contribution is -2.44. The van der Waals surface area contributed by atoms with E-state index in [4.69, 9.17) is 17.3 Å². The smallest absolute Gasteiger partial charge is 0.244 e. The first-order valence-electron chi connectivity index (χ1n) is 7.13. The standard InChI is InChI=1S/C16H21ClN2O/c17-14-8-5-12(6-9-14)7-10-16(20)19-15-4-2-1-3-13(15)11-18/h5-10,13,15H,1-4,11,18H2,(H,19,20). The summed E-state index contributed by atoms with van der Waals surface area (Å²) in [6, 6.07) is 7.61. The van der Waals surface area contributed by atoms with E-state index >= 15 is 0 Å². The Kier molecular flexibility index (Phi) is 5.62. The van der Waals surface area contributed by atoms with Crippen LogP contribution < -0.4 is 11.1 Å². The van der Waals surface area contributed by atoms with E-state index in [0.717, 1.165) is 18.4 Å². The fourth-order valence-electron chi connectivity index (χ4n) is 2.66. The number of benzene rings is 1. The highest BCUT2D eigenvalue weighted by molar-refractivity contribution is 6.30. The molecule has 1 amide bonds. The summed E-state index contributed by atoms with van der Waals surface area (Å²) >= 11 is 5.82. The molecule has 1 aromatic rings. The third-order valence-corrected chi connectivity index (χ3v) is 4.09. The average Bonchev–Trinajstić information content (AvgIpc) is 2.47. The lowest BCUT2D eigenvalue weighted by Gasteiger charge is -2.30. The van der Waals surface area contributed by atoms with Crippen molar-refractivity contribution in [3.8, 4) is 0 Å². The number of carbonyl (C=O) groups is 1. The largest absolute Gasteiger partial charge is 0.349 e. The van der Waals surface area contributed by atoms with Gasteiger partial charge in [0.05, 0.1) is 0 Å². The van der Waals surface area contributed by atoms with E-state index in [9.17, 15) is 4.79 Å². The number of halogens is 1. The van der Waals surface area contributed by atoms with E-state index in [1.54, 1.807) is 12.2 Å². The average molecular weight is 293 g/mol. The maximum atomic E-state index is 11.9. The van der Waals surface area contributed by atoms with E-state index in [-0.39, 0.29) is 11.9 Å². The highest BCUT2D eigenvalue weighted by Gasteiger charge is 2.24. The van der Waals surface area contributed by atoms with E-state index in [1.165, 1.54) is 12.8 Å². The number of carbonyl (C=O) groups excluding carboxylic acids is 1. The maximum Gasteiger partial charge on any atom is 0.244 e. The Morgan fingerprint density at radius 2 is 2.00 bits per heavy atom. The zero-order chi connectivity index (χ0) is 14.4. The van der Waals surface area contributed by atoms with E-state index < -0.39 is 0 Å². The molecule has 1 aromatic carbocycles. The van der Waals surface area contributed by atoms with Gasteiger partial charge < -0.3 is 11.1 Å². The van der Waals surface area contributed by atoms with Gasteiger partial charge in [-0.05, 0) is 49.1 Å². The second-order valence-corrected chi connectivity index (χ2v) is 5.72. The monoisotopic (exact) mass is 292 g/mol. The first-order valence-corrected chi connectivity index (χ1v) is 7.51. The van der Waals surface area contributed by atoms with Crippen LogP contribution in [0, 0.1) is 5.92 Å². The van der Waals surface area contributed by atoms with Crippen molar-refractivity contribution in [1.29, 1.82) is 0 Å². The number of nitrogens with two attached hydrogens (primary N) is 1. The molecule has 0 radical (unpaired) electrons. The lowest BCUT2D eigenvalue weighted by atomic mass is 9.84. The molecule has 0 heterocycles. The Labute approximate surface area is 125 Å². The minimum Gasteiger partial charge on any atom is -0.349 e. The van der Waals surface area contributed by atoms with Crippen LogP contribution in [0.15, 0.2) is 30.3 Å². The summed E-state index contributed by atoms with van der Waals surface area (Å²) < 4.78 is 0. The second-order valence-electron chi connectivity index (χ2n) is 5.28. The molecule has 4 heteroatoms. The summed E-state index contributed by atoms with van der Waals surface area (Å²) in [7, 11) is 0. The van der Waals surface area contributed by atoms with Crippen molar-refractivity contribution in [1.82, 2.24) is 5.32 Å². The van der Waals surface area contributed by atoms with Gasteiger partial charge in [-0.1, -0.05) is 36.6 Å². The fourth-order valence-corrected chi connectivity index (χ4v) is 2.78. The van der Waals surface area contributed by atoms with Gasteiger partial charge in [-0.2, -0.15) is 0 Å². The molecule has 2 unspecified atom stereocenters. The highest BCUT2D eigenvalue weighted by atomic mass is 35.5. The quantitative estimate of drug-likeness (QED) is 0.838. The van der Waals surface area contributed by atoms with Crippen molar-refractivity contribution < 1.29 is 4.79 Å². The SMILES string of the molecule is NCC1CCCCC1NC(=O)C=Cc1ccc(Cl)cc1. The van der Waals surface area contributed by atoms with Crippen LogP contribution >= 0.6 is 11.6 Å². The number of amides is 1. The van der Waals surface area contributed by atoms with Gasteiger partial charge in [0, 0.05) is 17.1 Å². The molecule has 3 nitrogen and oxygen atoms in total. The van der Waals surface area contributed by atoms with Crippen molar-refractivity contribution in [2.45, 2.75) is 31.7 Å². The molecular weight excluding hydrogens is 272 g/mol. The van der Waals surface area contributed by atoms with Crippen LogP contribution in [0.25, 0.3) is 6.08 Å². The molecule has 0 aliphatic heterocycles. The minimum absolute atomic E-state index is 0.0506. The third-order valence-electron chi connectivity index (χ3n) is 3.84. The van der Waals surface area contributed by atoms with Crippen molar-refractivity contribution in [3.05, 3.63) is 40.9 Å². The van der Waals surface area contributed by atoms with Gasteiger partial charge in [0.15, 0.2) is 0 Å². The molecule has 0 spiro atoms. The normalized spacial score (nSPS) is 22.9. The Balaban J connectivity index is 1.89. The van der Waals surface area contributed by atoms with Gasteiger partial charge in [0.1, 0.15) is 0 Å². The summed E-state index contributed by atoms with van der Waals surface area (Å²) in [4.78, 5) is 11.9. The number of rotatable bonds is 4. The zero-order valence-electron chi connectivity index (χ0n) is 11.5. The van der Waals surface area contributed by atoms with Gasteiger partial charge in [-0.3, -0.25) is 4.79 Å². The minimum atomic E-state index is -0.0506. The van der Waals surface area contributed by atoms with Gasteiger partial charge in [-0.15, -0.1) is 0 Å². The number of nitrogens with one attached hydrogen (secondary N) is 1. The molecular formula is C16H21ClN2O. The molecule has 1 aliphatic carbocycles. The second kappa shape index (κ2) is 7.46. The molecule has 2 atom stereocenters. The van der Waals surface area contributed by atoms with Crippen LogP contribution in [0.3, 0.4) is 0 Å². The summed E-state index contributed by atoms with van der Waals surface area (Å²) in [5.74, 6) is 0.363. The molecule has 0 bridgehead atoms. The first-order chi connectivity index (χ1) is 9.69. The molecule has 0 saturated heterocycles. The van der Waals surface area contributed by atoms with Crippen molar-refractivity contribution in [2.75, 3.05) is 6.54 Å². The summed E-state index contributed by atoms with van der Waals surface area (Å²) in [5, 5.41) is 3.76. The van der Waals surface area contributed by atoms with Crippen LogP contribution in [-0.4, -0.2) is 18.5 Å². The van der Waals surface area contributed by atoms with Crippen molar-refractivity contribution >= 4 is 23.6 Å². The van der Waals surface area contributed by atoms with Crippen molar-refractivity contribution in [3.63, 3.8) is 0 Å². The van der Waals surface area contributed by atoms with Crippen molar-refractivity contribution in [2.24, 2.45) is 11.7 Å². The number of hydrogen-bond donors (Lipinski definition) is 2. The molecule has 3 N–H and O–H groups in total. The fraction of sp³-hybridized carbons (Fsp3) is 0.438. The molecule has 2 rings (SSSR count). The zero-order valence-corrected chi connectivity index (χ0v) is 12.3. The van der Waals surface area contributed by atoms with Gasteiger partial charge in [0.2, 0.25) is 5.91 Å². The van der Waals surface area contributed by atoms with Crippen LogP contribution in [0.1, 0.15) is 31.2 Å². The van der Waals surface area contributed by atoms with Crippen LogP contribution in [-0.2, 0) is 4.79 Å². The van der Waals surface area contributed by atoms with Gasteiger partial charge in [0.25, 0.3) is 0 Å².